The fourth-order valence-corrected chi connectivity index (χ4v) is 1.94. The van der Waals surface area contributed by atoms with E-state index in [0.717, 1.165) is 31.6 Å². The molecule has 1 rings (SSSR count). The van der Waals surface area contributed by atoms with Crippen LogP contribution in [-0.2, 0) is 0 Å². The molecule has 0 radical (unpaired) electrons. The van der Waals surface area contributed by atoms with E-state index in [9.17, 15) is 0 Å². The zero-order chi connectivity index (χ0) is 11.3. The topological polar surface area (TPSA) is 16.1 Å². The van der Waals surface area contributed by atoms with Crippen molar-refractivity contribution in [2.24, 2.45) is 0 Å². The van der Waals surface area contributed by atoms with Crippen LogP contribution in [0.4, 0.5) is 5.69 Å². The fraction of sp³-hybridized carbons (Fsp3) is 0.583. The Morgan fingerprint density at radius 3 is 2.27 bits per heavy atom. The average molecular weight is 227 g/mol. The second-order valence-electron chi connectivity index (χ2n) is 3.73. The monoisotopic (exact) mass is 226 g/mol. The number of pyridine rings is 1. The molecule has 0 amide bonds. The summed E-state index contributed by atoms with van der Waals surface area (Å²) in [6.07, 6.45) is 2.31. The lowest BCUT2D eigenvalue weighted by Crippen LogP contribution is -2.25. The first-order chi connectivity index (χ1) is 7.19. The van der Waals surface area contributed by atoms with Crippen molar-refractivity contribution >= 4 is 17.3 Å². The van der Waals surface area contributed by atoms with Crippen LogP contribution >= 0.6 is 11.6 Å². The van der Waals surface area contributed by atoms with Gasteiger partial charge in [0.25, 0.3) is 0 Å². The molecular formula is C12H19ClN2. The molecule has 0 spiro atoms. The van der Waals surface area contributed by atoms with Gasteiger partial charge in [-0.05, 0) is 31.9 Å². The molecule has 0 saturated heterocycles. The minimum atomic E-state index is 0.573. The molecule has 84 valence electrons. The summed E-state index contributed by atoms with van der Waals surface area (Å²) in [5.74, 6) is 0. The number of hydrogen-bond acceptors (Lipinski definition) is 2. The van der Waals surface area contributed by atoms with Crippen LogP contribution in [0.2, 0.25) is 5.15 Å². The van der Waals surface area contributed by atoms with Crippen LogP contribution in [0.25, 0.3) is 0 Å². The Hall–Kier alpha value is -0.760. The van der Waals surface area contributed by atoms with Gasteiger partial charge in [-0.1, -0.05) is 25.4 Å². The summed E-state index contributed by atoms with van der Waals surface area (Å²) in [5, 5.41) is 0.573. The van der Waals surface area contributed by atoms with Crippen LogP contribution in [0, 0.1) is 6.92 Å². The molecule has 0 unspecified atom stereocenters. The maximum Gasteiger partial charge on any atom is 0.129 e. The van der Waals surface area contributed by atoms with Crippen molar-refractivity contribution in [2.45, 2.75) is 33.6 Å². The molecule has 0 aliphatic rings. The van der Waals surface area contributed by atoms with Gasteiger partial charge in [-0.15, -0.1) is 0 Å². The van der Waals surface area contributed by atoms with Gasteiger partial charge in [0.05, 0.1) is 11.4 Å². The van der Waals surface area contributed by atoms with Gasteiger partial charge < -0.3 is 4.90 Å². The van der Waals surface area contributed by atoms with Crippen LogP contribution in [0.3, 0.4) is 0 Å². The fourth-order valence-electron chi connectivity index (χ4n) is 1.75. The molecule has 1 aromatic rings. The molecule has 0 aromatic carbocycles. The van der Waals surface area contributed by atoms with Crippen molar-refractivity contribution in [1.29, 1.82) is 0 Å². The van der Waals surface area contributed by atoms with E-state index in [0.29, 0.717) is 5.15 Å². The summed E-state index contributed by atoms with van der Waals surface area (Å²) in [6, 6.07) is 3.93. The predicted octanol–water partition coefficient (Wildman–Crippen LogP) is 3.67. The van der Waals surface area contributed by atoms with Gasteiger partial charge in [0.15, 0.2) is 0 Å². The smallest absolute Gasteiger partial charge is 0.129 e. The summed E-state index contributed by atoms with van der Waals surface area (Å²) in [5.41, 5.74) is 2.23. The first-order valence-electron chi connectivity index (χ1n) is 5.57. The minimum Gasteiger partial charge on any atom is -0.370 e. The Kier molecular flexibility index (Phi) is 4.89. The van der Waals surface area contributed by atoms with Gasteiger partial charge in [-0.3, -0.25) is 0 Å². The Morgan fingerprint density at radius 2 is 1.80 bits per heavy atom. The quantitative estimate of drug-likeness (QED) is 0.713. The number of anilines is 1. The molecular weight excluding hydrogens is 208 g/mol. The average Bonchev–Trinajstić information content (AvgIpc) is 2.17. The van der Waals surface area contributed by atoms with E-state index in [2.05, 4.69) is 29.8 Å². The highest BCUT2D eigenvalue weighted by molar-refractivity contribution is 6.29. The van der Waals surface area contributed by atoms with Gasteiger partial charge in [0, 0.05) is 13.1 Å². The lowest BCUT2D eigenvalue weighted by molar-refractivity contribution is 0.740. The molecule has 0 N–H and O–H groups in total. The van der Waals surface area contributed by atoms with E-state index < -0.39 is 0 Å². The first-order valence-corrected chi connectivity index (χ1v) is 5.95. The van der Waals surface area contributed by atoms with Crippen LogP contribution in [0.15, 0.2) is 12.1 Å². The van der Waals surface area contributed by atoms with Crippen LogP contribution in [-0.4, -0.2) is 18.1 Å². The first kappa shape index (κ1) is 12.3. The number of halogens is 1. The second-order valence-corrected chi connectivity index (χ2v) is 4.11. The third kappa shape index (κ3) is 3.38. The highest BCUT2D eigenvalue weighted by atomic mass is 35.5. The molecule has 1 aromatic heterocycles. The molecule has 0 fully saturated rings. The molecule has 1 heterocycles. The van der Waals surface area contributed by atoms with Gasteiger partial charge in [0.2, 0.25) is 0 Å². The van der Waals surface area contributed by atoms with Crippen molar-refractivity contribution < 1.29 is 0 Å². The molecule has 0 aliphatic heterocycles. The largest absolute Gasteiger partial charge is 0.370 e. The maximum absolute atomic E-state index is 5.85. The van der Waals surface area contributed by atoms with E-state index in [4.69, 9.17) is 11.6 Å². The highest BCUT2D eigenvalue weighted by Crippen LogP contribution is 2.20. The molecule has 0 bridgehead atoms. The zero-order valence-corrected chi connectivity index (χ0v) is 10.5. The summed E-state index contributed by atoms with van der Waals surface area (Å²) in [7, 11) is 0. The normalized spacial score (nSPS) is 10.4. The predicted molar refractivity (Wildman–Crippen MR) is 66.8 cm³/mol. The van der Waals surface area contributed by atoms with Crippen LogP contribution < -0.4 is 4.90 Å². The summed E-state index contributed by atoms with van der Waals surface area (Å²) in [4.78, 5) is 6.66. The Morgan fingerprint density at radius 1 is 1.20 bits per heavy atom. The molecule has 0 atom stereocenters. The lowest BCUT2D eigenvalue weighted by Gasteiger charge is -2.25. The SMILES string of the molecule is CCCN(CCC)c1ccc(Cl)nc1C. The van der Waals surface area contributed by atoms with E-state index in [1.807, 2.05) is 13.0 Å². The van der Waals surface area contributed by atoms with Crippen molar-refractivity contribution in [3.05, 3.63) is 23.0 Å². The molecule has 3 heteroatoms. The Bertz CT molecular complexity index is 306. The lowest BCUT2D eigenvalue weighted by atomic mass is 10.2. The number of aromatic nitrogens is 1. The number of hydrogen-bond donors (Lipinski definition) is 0. The molecule has 0 aliphatic carbocycles. The van der Waals surface area contributed by atoms with E-state index in [-0.39, 0.29) is 0 Å². The molecule has 15 heavy (non-hydrogen) atoms. The number of aryl methyl sites for hydroxylation is 1. The third-order valence-corrected chi connectivity index (χ3v) is 2.56. The molecule has 2 nitrogen and oxygen atoms in total. The van der Waals surface area contributed by atoms with Crippen molar-refractivity contribution in [2.75, 3.05) is 18.0 Å². The second kappa shape index (κ2) is 5.96. The number of nitrogens with zero attached hydrogens (tertiary/aromatic N) is 2. The standard InChI is InChI=1S/C12H19ClN2/c1-4-8-15(9-5-2)11-6-7-12(13)14-10(11)3/h6-7H,4-5,8-9H2,1-3H3. The maximum atomic E-state index is 5.85. The zero-order valence-electron chi connectivity index (χ0n) is 9.76. The van der Waals surface area contributed by atoms with Crippen molar-refractivity contribution in [3.8, 4) is 0 Å². The van der Waals surface area contributed by atoms with Crippen LogP contribution in [0.1, 0.15) is 32.4 Å². The van der Waals surface area contributed by atoms with E-state index in [1.54, 1.807) is 0 Å². The Balaban J connectivity index is 2.89. The van der Waals surface area contributed by atoms with Crippen LogP contribution in [0.5, 0.6) is 0 Å². The van der Waals surface area contributed by atoms with Crippen molar-refractivity contribution in [3.63, 3.8) is 0 Å². The van der Waals surface area contributed by atoms with Gasteiger partial charge in [-0.25, -0.2) is 4.98 Å². The highest BCUT2D eigenvalue weighted by Gasteiger charge is 2.08. The molecule has 0 saturated carbocycles. The summed E-state index contributed by atoms with van der Waals surface area (Å²) >= 11 is 5.85. The third-order valence-electron chi connectivity index (χ3n) is 2.35. The van der Waals surface area contributed by atoms with E-state index >= 15 is 0 Å². The summed E-state index contributed by atoms with van der Waals surface area (Å²) in [6.45, 7) is 8.57. The van der Waals surface area contributed by atoms with Gasteiger partial charge in [0.1, 0.15) is 5.15 Å². The van der Waals surface area contributed by atoms with Gasteiger partial charge in [-0.2, -0.15) is 0 Å². The van der Waals surface area contributed by atoms with E-state index in [1.165, 1.54) is 5.69 Å². The summed E-state index contributed by atoms with van der Waals surface area (Å²) < 4.78 is 0. The van der Waals surface area contributed by atoms with Crippen molar-refractivity contribution in [1.82, 2.24) is 4.98 Å². The Labute approximate surface area is 97.3 Å². The van der Waals surface area contributed by atoms with Gasteiger partial charge >= 0.3 is 0 Å². The number of rotatable bonds is 5. The minimum absolute atomic E-state index is 0.573.